The first-order valence-corrected chi connectivity index (χ1v) is 14.8. The largest absolute Gasteiger partial charge is 0.382 e. The maximum absolute atomic E-state index is 6.31. The predicted octanol–water partition coefficient (Wildman–Crippen LogP) is 2.17. The highest BCUT2D eigenvalue weighted by molar-refractivity contribution is 5.69. The average molecular weight is 597 g/mol. The number of fused-ring (bicyclic) bond motifs is 2. The summed E-state index contributed by atoms with van der Waals surface area (Å²) in [6.45, 7) is 1.32. The summed E-state index contributed by atoms with van der Waals surface area (Å²) in [6, 6.07) is 0.306. The highest BCUT2D eigenvalue weighted by Gasteiger charge is 2.32. The highest BCUT2D eigenvalue weighted by atomic mass is 15.3. The zero-order valence-corrected chi connectivity index (χ0v) is 24.8. The number of aryl methyl sites for hydroxylation is 2. The van der Waals surface area contributed by atoms with Gasteiger partial charge in [0.2, 0.25) is 11.9 Å². The van der Waals surface area contributed by atoms with Gasteiger partial charge in [0.1, 0.15) is 24.0 Å². The van der Waals surface area contributed by atoms with Gasteiger partial charge in [0.25, 0.3) is 0 Å². The Morgan fingerprint density at radius 3 is 1.48 bits per heavy atom. The number of anilines is 4. The van der Waals surface area contributed by atoms with Gasteiger partial charge in [0.15, 0.2) is 23.3 Å². The van der Waals surface area contributed by atoms with E-state index < -0.39 is 0 Å². The van der Waals surface area contributed by atoms with Crippen LogP contribution in [-0.2, 0) is 26.9 Å². The number of imidazole rings is 4. The molecule has 16 nitrogen and oxygen atoms in total. The fourth-order valence-corrected chi connectivity index (χ4v) is 6.19. The van der Waals surface area contributed by atoms with Gasteiger partial charge in [-0.3, -0.25) is 9.13 Å². The van der Waals surface area contributed by atoms with Crippen molar-refractivity contribution >= 4 is 23.5 Å². The van der Waals surface area contributed by atoms with E-state index in [1.807, 2.05) is 35.6 Å². The van der Waals surface area contributed by atoms with Crippen LogP contribution in [0.2, 0.25) is 0 Å². The van der Waals surface area contributed by atoms with Crippen molar-refractivity contribution in [1.29, 1.82) is 0 Å². The van der Waals surface area contributed by atoms with Crippen LogP contribution in [0.5, 0.6) is 0 Å². The van der Waals surface area contributed by atoms with E-state index >= 15 is 0 Å². The van der Waals surface area contributed by atoms with Crippen molar-refractivity contribution in [2.45, 2.75) is 50.6 Å². The monoisotopic (exact) mass is 596 g/mol. The normalized spacial score (nSPS) is 17.0. The molecule has 0 radical (unpaired) electrons. The topological polar surface area (TPSA) is 199 Å². The molecule has 0 atom stereocenters. The molecule has 0 amide bonds. The Labute approximate surface area is 253 Å². The summed E-state index contributed by atoms with van der Waals surface area (Å²) in [4.78, 5) is 36.3. The minimum absolute atomic E-state index is 0.153. The van der Waals surface area contributed by atoms with Crippen molar-refractivity contribution in [1.82, 2.24) is 58.1 Å². The van der Waals surface area contributed by atoms with Crippen LogP contribution >= 0.6 is 0 Å². The van der Waals surface area contributed by atoms with Gasteiger partial charge in [0, 0.05) is 64.5 Å². The third-order valence-corrected chi connectivity index (χ3v) is 8.25. The first-order valence-electron chi connectivity index (χ1n) is 14.8. The van der Waals surface area contributed by atoms with Crippen molar-refractivity contribution < 1.29 is 0 Å². The summed E-state index contributed by atoms with van der Waals surface area (Å²) < 4.78 is 8.23. The molecule has 2 aromatic heterocycles. The molecule has 1 aliphatic carbocycles. The van der Waals surface area contributed by atoms with Gasteiger partial charge in [0.05, 0.1) is 24.0 Å². The van der Waals surface area contributed by atoms with Gasteiger partial charge in [-0.2, -0.15) is 9.97 Å². The fraction of sp³-hybridized carbons (Fsp3) is 0.429. The Bertz CT molecular complexity index is 1670. The molecule has 5 aliphatic rings. The van der Waals surface area contributed by atoms with Gasteiger partial charge in [-0.05, 0) is 25.7 Å². The Morgan fingerprint density at radius 1 is 0.659 bits per heavy atom. The third kappa shape index (κ3) is 5.22. The SMILES string of the molecule is Cn1cnc(CCNc2nc(N)c3ncnc-3n2C2CCC(n3c(NCCc4cn(C)cn4)nc(N)c4ncnc3-4)CC2)c1. The lowest BCUT2D eigenvalue weighted by molar-refractivity contribution is 0.276. The maximum Gasteiger partial charge on any atom is 0.206 e. The second-order valence-corrected chi connectivity index (χ2v) is 11.3. The Hall–Kier alpha value is -5.28. The van der Waals surface area contributed by atoms with Crippen molar-refractivity contribution in [3.63, 3.8) is 0 Å². The second kappa shape index (κ2) is 11.4. The van der Waals surface area contributed by atoms with Crippen molar-refractivity contribution in [3.8, 4) is 23.0 Å². The van der Waals surface area contributed by atoms with Gasteiger partial charge >= 0.3 is 0 Å². The van der Waals surface area contributed by atoms with E-state index in [9.17, 15) is 0 Å². The molecule has 0 unspecified atom stereocenters. The number of hydrogen-bond donors (Lipinski definition) is 4. The van der Waals surface area contributed by atoms with Crippen LogP contribution < -0.4 is 22.1 Å². The number of nitrogen functional groups attached to an aromatic ring is 2. The van der Waals surface area contributed by atoms with E-state index in [4.69, 9.17) is 21.4 Å². The van der Waals surface area contributed by atoms with Crippen LogP contribution in [0.25, 0.3) is 23.0 Å². The lowest BCUT2D eigenvalue weighted by Crippen LogP contribution is -2.28. The standard InChI is InChI=1S/C28H36N16/c1-41-11-17(37-15-41)7-9-31-27-39-23(29)21-25(35-13-33-21)43(27)19-3-5-20(6-4-19)44-26-22(34-14-36-26)24(30)40-28(44)32-10-8-18-12-42(2)16-38-18/h11-16,19-20H,3-10,29-30H2,1-2H3,(H,31,39)(H,32,40). The Balaban J connectivity index is 1.11. The van der Waals surface area contributed by atoms with Gasteiger partial charge in [-0.25, -0.2) is 29.9 Å². The molecular formula is C28H36N16. The molecule has 0 bridgehead atoms. The van der Waals surface area contributed by atoms with Gasteiger partial charge in [-0.15, -0.1) is 0 Å². The highest BCUT2D eigenvalue weighted by Crippen LogP contribution is 2.42. The number of rotatable bonds is 10. The molecule has 2 aromatic rings. The van der Waals surface area contributed by atoms with E-state index in [0.717, 1.165) is 61.6 Å². The van der Waals surface area contributed by atoms with Gasteiger partial charge < -0.3 is 31.2 Å². The average Bonchev–Trinajstić information content (AvgIpc) is 3.83. The molecule has 16 heteroatoms. The van der Waals surface area contributed by atoms with Crippen LogP contribution in [0.15, 0.2) is 37.7 Å². The molecule has 0 aromatic carbocycles. The summed E-state index contributed by atoms with van der Waals surface area (Å²) in [5.74, 6) is 3.60. The van der Waals surface area contributed by atoms with E-state index in [2.05, 4.69) is 49.7 Å². The minimum Gasteiger partial charge on any atom is -0.382 e. The van der Waals surface area contributed by atoms with E-state index in [1.54, 1.807) is 25.3 Å². The van der Waals surface area contributed by atoms with Crippen molar-refractivity contribution in [2.75, 3.05) is 35.2 Å². The van der Waals surface area contributed by atoms with Crippen LogP contribution in [-0.4, -0.2) is 71.2 Å². The lowest BCUT2D eigenvalue weighted by Gasteiger charge is -2.35. The van der Waals surface area contributed by atoms with Crippen LogP contribution in [0, 0.1) is 0 Å². The molecule has 44 heavy (non-hydrogen) atoms. The van der Waals surface area contributed by atoms with Crippen LogP contribution in [0.4, 0.5) is 23.5 Å². The van der Waals surface area contributed by atoms with Crippen molar-refractivity contribution in [3.05, 3.63) is 49.1 Å². The van der Waals surface area contributed by atoms with E-state index in [-0.39, 0.29) is 12.1 Å². The second-order valence-electron chi connectivity index (χ2n) is 11.3. The van der Waals surface area contributed by atoms with E-state index in [1.165, 1.54) is 0 Å². The van der Waals surface area contributed by atoms with E-state index in [0.29, 0.717) is 48.0 Å². The summed E-state index contributed by atoms with van der Waals surface area (Å²) in [7, 11) is 3.93. The Morgan fingerprint density at radius 2 is 1.09 bits per heavy atom. The number of aromatic nitrogens is 12. The zero-order valence-electron chi connectivity index (χ0n) is 24.8. The molecular weight excluding hydrogens is 560 g/mol. The summed E-state index contributed by atoms with van der Waals surface area (Å²) in [6.07, 6.45) is 15.8. The number of nitrogens with one attached hydrogen (secondary N) is 2. The van der Waals surface area contributed by atoms with Crippen molar-refractivity contribution in [2.24, 2.45) is 14.1 Å². The summed E-state index contributed by atoms with van der Waals surface area (Å²) in [5.41, 5.74) is 15.9. The first kappa shape index (κ1) is 27.5. The summed E-state index contributed by atoms with van der Waals surface area (Å²) in [5, 5.41) is 7.00. The molecule has 1 saturated carbocycles. The maximum atomic E-state index is 6.31. The number of hydrogen-bond acceptors (Lipinski definition) is 12. The molecule has 6 heterocycles. The molecule has 0 spiro atoms. The zero-order chi connectivity index (χ0) is 30.2. The molecule has 0 saturated heterocycles. The summed E-state index contributed by atoms with van der Waals surface area (Å²) >= 11 is 0. The minimum atomic E-state index is 0.153. The molecule has 228 valence electrons. The van der Waals surface area contributed by atoms with Crippen LogP contribution in [0.1, 0.15) is 49.2 Å². The van der Waals surface area contributed by atoms with Gasteiger partial charge in [-0.1, -0.05) is 0 Å². The number of nitrogens with two attached hydrogens (primary N) is 2. The quantitative estimate of drug-likeness (QED) is 0.180. The first-order chi connectivity index (χ1) is 21.4. The molecule has 4 aliphatic heterocycles. The lowest BCUT2D eigenvalue weighted by atomic mass is 9.90. The molecule has 1 fully saturated rings. The molecule has 7 rings (SSSR count). The van der Waals surface area contributed by atoms with Crippen LogP contribution in [0.3, 0.4) is 0 Å². The Kier molecular flexibility index (Phi) is 7.15. The number of nitrogens with zero attached hydrogens (tertiary/aromatic N) is 12. The third-order valence-electron chi connectivity index (χ3n) is 8.25. The fourth-order valence-electron chi connectivity index (χ4n) is 6.19. The smallest absolute Gasteiger partial charge is 0.206 e. The molecule has 6 N–H and O–H groups in total. The predicted molar refractivity (Wildman–Crippen MR) is 165 cm³/mol.